The molecule has 2 heterocycles. The van der Waals surface area contributed by atoms with Gasteiger partial charge in [-0.2, -0.15) is 9.83 Å². The second-order valence-electron chi connectivity index (χ2n) is 9.71. The maximum Gasteiger partial charge on any atom is 0.216 e. The number of nitriles is 1. The molecule has 0 radical (unpaired) electrons. The van der Waals surface area contributed by atoms with Crippen LogP contribution >= 0.6 is 0 Å². The summed E-state index contributed by atoms with van der Waals surface area (Å²) in [6.45, 7) is 6.50. The molecule has 0 spiro atoms. The lowest BCUT2D eigenvalue weighted by molar-refractivity contribution is -0.666. The predicted molar refractivity (Wildman–Crippen MR) is 150 cm³/mol. The number of aryl methyl sites for hydroxylation is 2. The van der Waals surface area contributed by atoms with Gasteiger partial charge in [-0.25, -0.2) is 0 Å². The molecule has 37 heavy (non-hydrogen) atoms. The van der Waals surface area contributed by atoms with Crippen LogP contribution in [-0.2, 0) is 7.05 Å². The normalized spacial score (nSPS) is 11.2. The van der Waals surface area contributed by atoms with E-state index in [0.29, 0.717) is 5.56 Å². The molecule has 0 unspecified atom stereocenters. The van der Waals surface area contributed by atoms with Crippen molar-refractivity contribution in [2.75, 3.05) is 0 Å². The Morgan fingerprint density at radius 2 is 1.35 bits per heavy atom. The lowest BCUT2D eigenvalue weighted by Crippen LogP contribution is -2.36. The lowest BCUT2D eigenvalue weighted by Gasteiger charge is -2.13. The zero-order chi connectivity index (χ0) is 25.7. The number of pyridine rings is 1. The topological polar surface area (TPSA) is 40.8 Å². The van der Waals surface area contributed by atoms with Crippen molar-refractivity contribution >= 4 is 21.9 Å². The first-order chi connectivity index (χ1) is 18.0. The number of aromatic nitrogens is 1. The Labute approximate surface area is 216 Å². The van der Waals surface area contributed by atoms with E-state index in [1.807, 2.05) is 30.3 Å². The molecule has 0 saturated heterocycles. The number of rotatable bonds is 3. The van der Waals surface area contributed by atoms with Crippen molar-refractivity contribution in [3.05, 3.63) is 113 Å². The first-order valence-corrected chi connectivity index (χ1v) is 12.5. The van der Waals surface area contributed by atoms with Gasteiger partial charge in [-0.05, 0) is 48.2 Å². The molecule has 0 N–H and O–H groups in total. The third kappa shape index (κ3) is 3.61. The highest BCUT2D eigenvalue weighted by Crippen LogP contribution is 2.42. The van der Waals surface area contributed by atoms with Gasteiger partial charge in [0, 0.05) is 29.3 Å². The predicted octanol–water partition coefficient (Wildman–Crippen LogP) is 8.21. The molecule has 3 nitrogen and oxygen atoms in total. The quantitative estimate of drug-likeness (QED) is 0.240. The minimum atomic E-state index is 0.626. The van der Waals surface area contributed by atoms with Gasteiger partial charge in [-0.15, -0.1) is 0 Å². The second-order valence-corrected chi connectivity index (χ2v) is 9.71. The molecular formula is C34H27N2O+. The van der Waals surface area contributed by atoms with E-state index < -0.39 is 0 Å². The molecule has 4 aromatic carbocycles. The smallest absolute Gasteiger partial charge is 0.216 e. The van der Waals surface area contributed by atoms with Gasteiger partial charge < -0.3 is 4.42 Å². The molecular weight excluding hydrogens is 452 g/mol. The average Bonchev–Trinajstić information content (AvgIpc) is 3.30. The number of benzene rings is 4. The van der Waals surface area contributed by atoms with Gasteiger partial charge in [-0.3, -0.25) is 0 Å². The Morgan fingerprint density at radius 1 is 0.676 bits per heavy atom. The van der Waals surface area contributed by atoms with E-state index in [1.165, 1.54) is 22.4 Å². The monoisotopic (exact) mass is 479 g/mol. The van der Waals surface area contributed by atoms with Crippen LogP contribution in [0.1, 0.15) is 22.4 Å². The number of nitrogens with zero attached hydrogens (tertiary/aromatic N) is 2. The van der Waals surface area contributed by atoms with E-state index >= 15 is 0 Å². The Hall–Kier alpha value is -4.68. The van der Waals surface area contributed by atoms with Crippen molar-refractivity contribution in [2.45, 2.75) is 20.8 Å². The van der Waals surface area contributed by atoms with E-state index in [0.717, 1.165) is 49.9 Å². The van der Waals surface area contributed by atoms with Crippen LogP contribution in [0.4, 0.5) is 0 Å². The van der Waals surface area contributed by atoms with Crippen LogP contribution in [0, 0.1) is 32.1 Å². The summed E-state index contributed by atoms with van der Waals surface area (Å²) in [5, 5.41) is 11.8. The van der Waals surface area contributed by atoms with Crippen molar-refractivity contribution < 1.29 is 8.98 Å². The molecule has 0 aliphatic carbocycles. The Bertz CT molecular complexity index is 1860. The summed E-state index contributed by atoms with van der Waals surface area (Å²) in [6.07, 6.45) is 0. The van der Waals surface area contributed by atoms with Gasteiger partial charge in [0.15, 0.2) is 5.69 Å². The number of hydrogen-bond donors (Lipinski definition) is 0. The van der Waals surface area contributed by atoms with Crippen LogP contribution < -0.4 is 4.57 Å². The van der Waals surface area contributed by atoms with Crippen LogP contribution in [0.5, 0.6) is 0 Å². The van der Waals surface area contributed by atoms with Crippen LogP contribution in [0.3, 0.4) is 0 Å². The summed E-state index contributed by atoms with van der Waals surface area (Å²) in [5.74, 6) is 0. The Morgan fingerprint density at radius 3 is 2.03 bits per heavy atom. The summed E-state index contributed by atoms with van der Waals surface area (Å²) < 4.78 is 9.00. The van der Waals surface area contributed by atoms with Crippen LogP contribution in [0.15, 0.2) is 95.4 Å². The SMILES string of the molecule is Cc1cc(-c2c(C)ccc3c2oc2c(-c4ccccc4)cc(C#N)cc23)[n+](C)c(C)c1-c1ccccc1. The highest BCUT2D eigenvalue weighted by atomic mass is 16.3. The van der Waals surface area contributed by atoms with Gasteiger partial charge in [0.2, 0.25) is 5.69 Å². The molecule has 3 heteroatoms. The third-order valence-corrected chi connectivity index (χ3v) is 7.46. The van der Waals surface area contributed by atoms with Crippen LogP contribution in [0.2, 0.25) is 0 Å². The zero-order valence-electron chi connectivity index (χ0n) is 21.5. The first kappa shape index (κ1) is 22.8. The molecule has 6 rings (SSSR count). The summed E-state index contributed by atoms with van der Waals surface area (Å²) in [5.41, 5.74) is 12.5. The maximum atomic E-state index is 9.79. The Kier molecular flexibility index (Phi) is 5.39. The Balaban J connectivity index is 1.67. The molecule has 178 valence electrons. The minimum Gasteiger partial charge on any atom is -0.454 e. The van der Waals surface area contributed by atoms with Gasteiger partial charge in [0.1, 0.15) is 18.2 Å². The fourth-order valence-electron chi connectivity index (χ4n) is 5.54. The van der Waals surface area contributed by atoms with Crippen molar-refractivity contribution in [3.63, 3.8) is 0 Å². The third-order valence-electron chi connectivity index (χ3n) is 7.46. The standard InChI is InChI=1S/C34H27N2O/c1-21-15-16-27-29-19-24(20-35)18-28(25-11-7-5-8-12-25)33(29)37-34(27)32(21)30-17-22(2)31(23(3)36(30)4)26-13-9-6-10-14-26/h5-19H,1-4H3/q+1. The molecule has 6 aromatic rings. The molecule has 0 bridgehead atoms. The van der Waals surface area contributed by atoms with Gasteiger partial charge in [-0.1, -0.05) is 72.8 Å². The molecule has 0 aliphatic rings. The van der Waals surface area contributed by atoms with E-state index in [9.17, 15) is 5.26 Å². The first-order valence-electron chi connectivity index (χ1n) is 12.5. The van der Waals surface area contributed by atoms with Gasteiger partial charge in [0.25, 0.3) is 0 Å². The molecule has 2 aromatic heterocycles. The zero-order valence-corrected chi connectivity index (χ0v) is 21.5. The second kappa shape index (κ2) is 8.76. The van der Waals surface area contributed by atoms with Gasteiger partial charge in [0.05, 0.1) is 22.8 Å². The largest absolute Gasteiger partial charge is 0.454 e. The lowest BCUT2D eigenvalue weighted by atomic mass is 9.94. The fourth-order valence-corrected chi connectivity index (χ4v) is 5.54. The summed E-state index contributed by atoms with van der Waals surface area (Å²) in [6, 6.07) is 33.4. The number of furan rings is 1. The number of fused-ring (bicyclic) bond motifs is 3. The molecule has 0 fully saturated rings. The van der Waals surface area contributed by atoms with E-state index in [2.05, 4.69) is 99.1 Å². The summed E-state index contributed by atoms with van der Waals surface area (Å²) in [7, 11) is 2.13. The van der Waals surface area contributed by atoms with Crippen molar-refractivity contribution in [1.82, 2.24) is 0 Å². The molecule has 0 saturated carbocycles. The highest BCUT2D eigenvalue weighted by Gasteiger charge is 2.26. The average molecular weight is 480 g/mol. The highest BCUT2D eigenvalue weighted by molar-refractivity contribution is 6.13. The van der Waals surface area contributed by atoms with E-state index in [1.54, 1.807) is 0 Å². The maximum absolute atomic E-state index is 9.79. The van der Waals surface area contributed by atoms with Crippen molar-refractivity contribution in [1.29, 1.82) is 5.26 Å². The van der Waals surface area contributed by atoms with Crippen molar-refractivity contribution in [2.24, 2.45) is 7.05 Å². The summed E-state index contributed by atoms with van der Waals surface area (Å²) in [4.78, 5) is 0. The van der Waals surface area contributed by atoms with Crippen molar-refractivity contribution in [3.8, 4) is 39.6 Å². The fraction of sp³-hybridized carbons (Fsp3) is 0.118. The van der Waals surface area contributed by atoms with E-state index in [-0.39, 0.29) is 0 Å². The van der Waals surface area contributed by atoms with Crippen LogP contribution in [-0.4, -0.2) is 0 Å². The molecule has 0 aliphatic heterocycles. The number of hydrogen-bond acceptors (Lipinski definition) is 2. The summed E-state index contributed by atoms with van der Waals surface area (Å²) >= 11 is 0. The molecule has 0 atom stereocenters. The minimum absolute atomic E-state index is 0.626. The molecule has 0 amide bonds. The van der Waals surface area contributed by atoms with Gasteiger partial charge >= 0.3 is 0 Å². The van der Waals surface area contributed by atoms with E-state index in [4.69, 9.17) is 4.42 Å². The van der Waals surface area contributed by atoms with Crippen LogP contribution in [0.25, 0.3) is 55.4 Å².